The number of ether oxygens (including phenoxy) is 1. The Morgan fingerprint density at radius 1 is 1.40 bits per heavy atom. The second-order valence-corrected chi connectivity index (χ2v) is 3.27. The van der Waals surface area contributed by atoms with Crippen molar-refractivity contribution in [1.29, 1.82) is 0 Å². The maximum absolute atomic E-state index is 11.1. The van der Waals surface area contributed by atoms with Crippen molar-refractivity contribution in [3.63, 3.8) is 0 Å². The molecule has 0 aliphatic carbocycles. The van der Waals surface area contributed by atoms with Gasteiger partial charge in [0.25, 0.3) is 5.91 Å². The molecule has 15 heavy (non-hydrogen) atoms. The third kappa shape index (κ3) is 4.64. The minimum Gasteiger partial charge on any atom is -0.484 e. The van der Waals surface area contributed by atoms with Crippen molar-refractivity contribution < 1.29 is 9.53 Å². The normalized spacial score (nSPS) is 10.1. The monoisotopic (exact) mass is 229 g/mol. The Balaban J connectivity index is 2.37. The molecule has 1 amide bonds. The van der Waals surface area contributed by atoms with Crippen LogP contribution >= 0.6 is 11.6 Å². The van der Waals surface area contributed by atoms with Crippen LogP contribution in [0.2, 0.25) is 5.02 Å². The van der Waals surface area contributed by atoms with Gasteiger partial charge in [-0.1, -0.05) is 11.6 Å². The highest BCUT2D eigenvalue weighted by atomic mass is 35.5. The fraction of sp³-hybridized carbons (Fsp3) is 0.222. The Labute approximate surface area is 92.3 Å². The summed E-state index contributed by atoms with van der Waals surface area (Å²) in [4.78, 5) is 11.1. The van der Waals surface area contributed by atoms with Crippen LogP contribution in [-0.2, 0) is 4.79 Å². The number of nitrogens with two attached hydrogens (primary N) is 2. The average Bonchev–Trinajstić information content (AvgIpc) is 2.16. The molecule has 1 aromatic rings. The molecule has 0 atom stereocenters. The average molecular weight is 230 g/mol. The van der Waals surface area contributed by atoms with Crippen LogP contribution in [-0.4, -0.2) is 18.8 Å². The Morgan fingerprint density at radius 2 is 2.00 bits per heavy atom. The predicted octanol–water partition coefficient (Wildman–Crippen LogP) is 0.0360. The van der Waals surface area contributed by atoms with Crippen LogP contribution in [0.3, 0.4) is 0 Å². The maximum atomic E-state index is 11.1. The molecule has 0 fully saturated rings. The van der Waals surface area contributed by atoms with Crippen molar-refractivity contribution in [2.45, 2.75) is 6.29 Å². The topological polar surface area (TPSA) is 90.4 Å². The molecule has 5 nitrogen and oxygen atoms in total. The van der Waals surface area contributed by atoms with Crippen LogP contribution in [0.15, 0.2) is 24.3 Å². The Bertz CT molecular complexity index is 327. The highest BCUT2D eigenvalue weighted by Crippen LogP contribution is 2.15. The molecule has 0 saturated carbocycles. The summed E-state index contributed by atoms with van der Waals surface area (Å²) < 4.78 is 5.14. The van der Waals surface area contributed by atoms with Gasteiger partial charge in [0.1, 0.15) is 12.0 Å². The number of amides is 1. The molecule has 0 saturated heterocycles. The number of benzene rings is 1. The molecule has 0 radical (unpaired) electrons. The third-order valence-corrected chi connectivity index (χ3v) is 1.76. The van der Waals surface area contributed by atoms with Gasteiger partial charge >= 0.3 is 0 Å². The Hall–Kier alpha value is -1.30. The number of halogens is 1. The van der Waals surface area contributed by atoms with Crippen LogP contribution in [0.25, 0.3) is 0 Å². The first-order chi connectivity index (χ1) is 7.08. The minimum absolute atomic E-state index is 0.132. The lowest BCUT2D eigenvalue weighted by molar-refractivity contribution is -0.123. The summed E-state index contributed by atoms with van der Waals surface area (Å²) in [6, 6.07) is 6.67. The summed E-state index contributed by atoms with van der Waals surface area (Å²) in [5, 5.41) is 2.90. The van der Waals surface area contributed by atoms with Crippen LogP contribution < -0.4 is 21.5 Å². The van der Waals surface area contributed by atoms with Gasteiger partial charge in [-0.3, -0.25) is 16.3 Å². The summed E-state index contributed by atoms with van der Waals surface area (Å²) in [5.74, 6) is 0.181. The molecule has 0 bridgehead atoms. The number of hydrogen-bond acceptors (Lipinski definition) is 4. The number of carbonyl (C=O) groups excluding carboxylic acids is 1. The van der Waals surface area contributed by atoms with Gasteiger partial charge in [0, 0.05) is 5.02 Å². The molecule has 0 heterocycles. The van der Waals surface area contributed by atoms with Gasteiger partial charge in [-0.15, -0.1) is 0 Å². The zero-order valence-electron chi connectivity index (χ0n) is 7.94. The van der Waals surface area contributed by atoms with Gasteiger partial charge in [0.15, 0.2) is 6.61 Å². The van der Waals surface area contributed by atoms with E-state index in [-0.39, 0.29) is 12.5 Å². The van der Waals surface area contributed by atoms with E-state index in [1.54, 1.807) is 24.3 Å². The standard InChI is InChI=1S/C9H12ClN3O2/c10-6-1-3-7(4-2-6)15-5-8(14)13-9(11)12/h1-4,9H,5,11-12H2,(H,13,14). The fourth-order valence-electron chi connectivity index (χ4n) is 0.907. The molecule has 0 spiro atoms. The molecule has 1 rings (SSSR count). The molecule has 82 valence electrons. The number of rotatable bonds is 4. The summed E-state index contributed by atoms with van der Waals surface area (Å²) in [6.07, 6.45) is -0.869. The van der Waals surface area contributed by atoms with Crippen molar-refractivity contribution in [2.24, 2.45) is 11.5 Å². The summed E-state index contributed by atoms with van der Waals surface area (Å²) >= 11 is 5.68. The summed E-state index contributed by atoms with van der Waals surface area (Å²) in [6.45, 7) is -0.132. The van der Waals surface area contributed by atoms with E-state index in [0.29, 0.717) is 10.8 Å². The third-order valence-electron chi connectivity index (χ3n) is 1.51. The van der Waals surface area contributed by atoms with Gasteiger partial charge in [-0.2, -0.15) is 0 Å². The van der Waals surface area contributed by atoms with Crippen LogP contribution in [0.1, 0.15) is 0 Å². The lowest BCUT2D eigenvalue weighted by Crippen LogP contribution is -2.49. The van der Waals surface area contributed by atoms with Gasteiger partial charge in [-0.05, 0) is 24.3 Å². The van der Waals surface area contributed by atoms with Crippen LogP contribution in [0, 0.1) is 0 Å². The van der Waals surface area contributed by atoms with E-state index >= 15 is 0 Å². The van der Waals surface area contributed by atoms with Gasteiger partial charge < -0.3 is 10.1 Å². The predicted molar refractivity (Wildman–Crippen MR) is 57.3 cm³/mol. The van der Waals surface area contributed by atoms with E-state index in [9.17, 15) is 4.79 Å². The maximum Gasteiger partial charge on any atom is 0.260 e. The largest absolute Gasteiger partial charge is 0.484 e. The molecule has 0 aliphatic heterocycles. The Kier molecular flexibility index (Phi) is 4.36. The van der Waals surface area contributed by atoms with Gasteiger partial charge in [-0.25, -0.2) is 0 Å². The van der Waals surface area contributed by atoms with Crippen LogP contribution in [0.5, 0.6) is 5.75 Å². The van der Waals surface area contributed by atoms with Crippen molar-refractivity contribution in [1.82, 2.24) is 5.32 Å². The molecule has 0 unspecified atom stereocenters. The van der Waals surface area contributed by atoms with E-state index in [2.05, 4.69) is 5.32 Å². The summed E-state index contributed by atoms with van der Waals surface area (Å²) in [5.41, 5.74) is 10.3. The van der Waals surface area contributed by atoms with E-state index < -0.39 is 6.29 Å². The van der Waals surface area contributed by atoms with E-state index in [1.165, 1.54) is 0 Å². The van der Waals surface area contributed by atoms with E-state index in [4.69, 9.17) is 27.8 Å². The zero-order chi connectivity index (χ0) is 11.3. The first-order valence-electron chi connectivity index (χ1n) is 4.27. The summed E-state index contributed by atoms with van der Waals surface area (Å²) in [7, 11) is 0. The Morgan fingerprint density at radius 3 is 2.53 bits per heavy atom. The van der Waals surface area contributed by atoms with Crippen molar-refractivity contribution >= 4 is 17.5 Å². The minimum atomic E-state index is -0.869. The highest BCUT2D eigenvalue weighted by molar-refractivity contribution is 6.30. The lowest BCUT2D eigenvalue weighted by atomic mass is 10.3. The molecule has 6 heteroatoms. The van der Waals surface area contributed by atoms with Crippen molar-refractivity contribution in [2.75, 3.05) is 6.61 Å². The van der Waals surface area contributed by atoms with Crippen molar-refractivity contribution in [3.8, 4) is 5.75 Å². The molecule has 0 aliphatic rings. The van der Waals surface area contributed by atoms with Crippen LogP contribution in [0.4, 0.5) is 0 Å². The first-order valence-corrected chi connectivity index (χ1v) is 4.64. The van der Waals surface area contributed by atoms with Gasteiger partial charge in [0.05, 0.1) is 0 Å². The van der Waals surface area contributed by atoms with E-state index in [0.717, 1.165) is 0 Å². The number of hydrogen-bond donors (Lipinski definition) is 3. The van der Waals surface area contributed by atoms with Gasteiger partial charge in [0.2, 0.25) is 0 Å². The van der Waals surface area contributed by atoms with E-state index in [1.807, 2.05) is 0 Å². The highest BCUT2D eigenvalue weighted by Gasteiger charge is 2.04. The second-order valence-electron chi connectivity index (χ2n) is 2.84. The molecule has 0 aromatic heterocycles. The number of nitrogens with one attached hydrogen (secondary N) is 1. The quantitative estimate of drug-likeness (QED) is 0.636. The molecule has 1 aromatic carbocycles. The fourth-order valence-corrected chi connectivity index (χ4v) is 1.03. The van der Waals surface area contributed by atoms with Crippen molar-refractivity contribution in [3.05, 3.63) is 29.3 Å². The smallest absolute Gasteiger partial charge is 0.260 e. The first kappa shape index (κ1) is 11.8. The zero-order valence-corrected chi connectivity index (χ0v) is 8.70. The molecule has 5 N–H and O–H groups in total. The second kappa shape index (κ2) is 5.55. The number of carbonyl (C=O) groups is 1. The molecular formula is C9H12ClN3O2. The molecular weight excluding hydrogens is 218 g/mol. The SMILES string of the molecule is NC(N)NC(=O)COc1ccc(Cl)cc1. The lowest BCUT2D eigenvalue weighted by Gasteiger charge is -2.09.